The Labute approximate surface area is 94.3 Å². The first-order chi connectivity index (χ1) is 7.79. The second kappa shape index (κ2) is 4.57. The lowest BCUT2D eigenvalue weighted by Crippen LogP contribution is -2.14. The monoisotopic (exact) mass is 237 g/mol. The Morgan fingerprint density at radius 3 is 3.00 bits per heavy atom. The van der Waals surface area contributed by atoms with E-state index in [1.807, 2.05) is 0 Å². The molecule has 0 aliphatic rings. The summed E-state index contributed by atoms with van der Waals surface area (Å²) in [6.07, 6.45) is 2.88. The van der Waals surface area contributed by atoms with Crippen LogP contribution in [0.2, 0.25) is 0 Å². The molecule has 16 heavy (non-hydrogen) atoms. The predicted molar refractivity (Wildman–Crippen MR) is 57.2 cm³/mol. The van der Waals surface area contributed by atoms with E-state index in [0.29, 0.717) is 10.9 Å². The smallest absolute Gasteiger partial charge is 0.277 e. The minimum absolute atomic E-state index is 0.196. The lowest BCUT2D eigenvalue weighted by Gasteiger charge is -2.01. The van der Waals surface area contributed by atoms with Crippen LogP contribution in [0.15, 0.2) is 12.4 Å². The van der Waals surface area contributed by atoms with E-state index in [-0.39, 0.29) is 5.69 Å². The van der Waals surface area contributed by atoms with E-state index in [2.05, 4.69) is 35.4 Å². The normalized spacial score (nSPS) is 9.81. The molecule has 2 rings (SSSR count). The molecule has 2 N–H and O–H groups in total. The molecule has 1 amide bonds. The van der Waals surface area contributed by atoms with E-state index < -0.39 is 5.91 Å². The third-order valence-corrected chi connectivity index (χ3v) is 2.15. The summed E-state index contributed by atoms with van der Waals surface area (Å²) in [6, 6.07) is 0. The van der Waals surface area contributed by atoms with Gasteiger partial charge in [-0.15, -0.1) is 0 Å². The predicted octanol–water partition coefficient (Wildman–Crippen LogP) is 0.0171. The largest absolute Gasteiger partial charge is 0.372 e. The first kappa shape index (κ1) is 10.4. The fourth-order valence-electron chi connectivity index (χ4n) is 0.939. The molecule has 0 saturated carbocycles. The summed E-state index contributed by atoms with van der Waals surface area (Å²) >= 11 is 0.988. The molecule has 2 heterocycles. The van der Waals surface area contributed by atoms with Crippen LogP contribution < -0.4 is 10.6 Å². The standard InChI is InChI=1S/C7H7N7OS/c1-8-5-3-9-2-4(10-5)6(15)11-7-12-13-14-16-7/h2-3H,1H3,(H,8,10)(H,11,12,14,15). The third kappa shape index (κ3) is 2.25. The number of hydrogen-bond donors (Lipinski definition) is 2. The molecule has 0 radical (unpaired) electrons. The van der Waals surface area contributed by atoms with Crippen molar-refractivity contribution in [2.45, 2.75) is 0 Å². The molecule has 0 atom stereocenters. The van der Waals surface area contributed by atoms with Gasteiger partial charge in [-0.2, -0.15) is 0 Å². The van der Waals surface area contributed by atoms with Gasteiger partial charge in [0.1, 0.15) is 11.5 Å². The molecule has 9 heteroatoms. The van der Waals surface area contributed by atoms with Gasteiger partial charge in [0.15, 0.2) is 0 Å². The summed E-state index contributed by atoms with van der Waals surface area (Å²) in [4.78, 5) is 19.5. The second-order valence-corrected chi connectivity index (χ2v) is 3.39. The van der Waals surface area contributed by atoms with Crippen molar-refractivity contribution >= 4 is 28.4 Å². The van der Waals surface area contributed by atoms with Crippen molar-refractivity contribution in [1.29, 1.82) is 0 Å². The summed E-state index contributed by atoms with van der Waals surface area (Å²) in [5, 5.41) is 12.6. The van der Waals surface area contributed by atoms with E-state index in [1.165, 1.54) is 12.4 Å². The van der Waals surface area contributed by atoms with Gasteiger partial charge >= 0.3 is 0 Å². The van der Waals surface area contributed by atoms with Crippen molar-refractivity contribution in [2.24, 2.45) is 0 Å². The maximum absolute atomic E-state index is 11.6. The van der Waals surface area contributed by atoms with Crippen LogP contribution >= 0.6 is 11.5 Å². The van der Waals surface area contributed by atoms with Crippen molar-refractivity contribution in [3.63, 3.8) is 0 Å². The number of aromatic nitrogens is 5. The van der Waals surface area contributed by atoms with Crippen molar-refractivity contribution in [1.82, 2.24) is 24.8 Å². The van der Waals surface area contributed by atoms with Gasteiger partial charge in [-0.3, -0.25) is 15.1 Å². The zero-order chi connectivity index (χ0) is 11.4. The lowest BCUT2D eigenvalue weighted by molar-refractivity contribution is 0.102. The minimum Gasteiger partial charge on any atom is -0.372 e. The maximum atomic E-state index is 11.6. The zero-order valence-electron chi connectivity index (χ0n) is 8.21. The summed E-state index contributed by atoms with van der Waals surface area (Å²) < 4.78 is 3.52. The van der Waals surface area contributed by atoms with Gasteiger partial charge in [0, 0.05) is 18.6 Å². The number of nitrogens with zero attached hydrogens (tertiary/aromatic N) is 5. The number of carbonyl (C=O) groups is 1. The fraction of sp³-hybridized carbons (Fsp3) is 0.143. The van der Waals surface area contributed by atoms with E-state index in [1.54, 1.807) is 7.05 Å². The lowest BCUT2D eigenvalue weighted by atomic mass is 10.4. The maximum Gasteiger partial charge on any atom is 0.277 e. The highest BCUT2D eigenvalue weighted by Crippen LogP contribution is 2.07. The molecule has 0 unspecified atom stereocenters. The van der Waals surface area contributed by atoms with Gasteiger partial charge in [-0.1, -0.05) is 9.59 Å². The number of rotatable bonds is 3. The molecular formula is C7H7N7OS. The summed E-state index contributed by atoms with van der Waals surface area (Å²) in [6.45, 7) is 0. The average Bonchev–Trinajstić information content (AvgIpc) is 2.82. The molecule has 0 bridgehead atoms. The zero-order valence-corrected chi connectivity index (χ0v) is 9.02. The molecule has 0 spiro atoms. The van der Waals surface area contributed by atoms with Crippen molar-refractivity contribution in [2.75, 3.05) is 17.7 Å². The van der Waals surface area contributed by atoms with E-state index in [9.17, 15) is 4.79 Å². The Morgan fingerprint density at radius 2 is 2.31 bits per heavy atom. The number of carbonyl (C=O) groups excluding carboxylic acids is 1. The molecule has 0 aliphatic heterocycles. The SMILES string of the molecule is CNc1cncc(C(=O)Nc2nnns2)n1. The van der Waals surface area contributed by atoms with Gasteiger partial charge in [-0.25, -0.2) is 4.98 Å². The quantitative estimate of drug-likeness (QED) is 0.774. The Hall–Kier alpha value is -2.16. The van der Waals surface area contributed by atoms with E-state index in [0.717, 1.165) is 11.5 Å². The molecule has 82 valence electrons. The summed E-state index contributed by atoms with van der Waals surface area (Å²) in [7, 11) is 1.69. The Morgan fingerprint density at radius 1 is 1.44 bits per heavy atom. The van der Waals surface area contributed by atoms with Gasteiger partial charge < -0.3 is 5.32 Å². The molecule has 0 aliphatic carbocycles. The first-order valence-electron chi connectivity index (χ1n) is 4.26. The van der Waals surface area contributed by atoms with E-state index in [4.69, 9.17) is 0 Å². The average molecular weight is 237 g/mol. The third-order valence-electron chi connectivity index (χ3n) is 1.64. The van der Waals surface area contributed by atoms with Crippen LogP contribution in [0, 0.1) is 0 Å². The van der Waals surface area contributed by atoms with Crippen molar-refractivity contribution in [3.8, 4) is 0 Å². The highest BCUT2D eigenvalue weighted by molar-refractivity contribution is 7.09. The molecule has 2 aromatic heterocycles. The van der Waals surface area contributed by atoms with Crippen LogP contribution in [-0.4, -0.2) is 37.7 Å². The Kier molecular flexibility index (Phi) is 2.96. The van der Waals surface area contributed by atoms with Crippen LogP contribution in [0.4, 0.5) is 10.9 Å². The molecule has 0 saturated heterocycles. The van der Waals surface area contributed by atoms with Crippen molar-refractivity contribution < 1.29 is 4.79 Å². The van der Waals surface area contributed by atoms with Crippen LogP contribution in [0.1, 0.15) is 10.5 Å². The molecule has 0 aromatic carbocycles. The first-order valence-corrected chi connectivity index (χ1v) is 5.03. The topological polar surface area (TPSA) is 106 Å². The van der Waals surface area contributed by atoms with Gasteiger partial charge in [-0.05, 0) is 5.21 Å². The number of hydrogen-bond acceptors (Lipinski definition) is 8. The van der Waals surface area contributed by atoms with E-state index >= 15 is 0 Å². The highest BCUT2D eigenvalue weighted by atomic mass is 32.1. The Bertz CT molecular complexity index is 485. The van der Waals surface area contributed by atoms with Gasteiger partial charge in [0.25, 0.3) is 5.91 Å². The van der Waals surface area contributed by atoms with Gasteiger partial charge in [0.05, 0.1) is 12.4 Å². The summed E-state index contributed by atoms with van der Waals surface area (Å²) in [5.41, 5.74) is 0.196. The number of nitrogens with one attached hydrogen (secondary N) is 2. The number of anilines is 2. The second-order valence-electron chi connectivity index (χ2n) is 2.66. The van der Waals surface area contributed by atoms with Crippen LogP contribution in [0.3, 0.4) is 0 Å². The molecule has 0 fully saturated rings. The fourth-order valence-corrected chi connectivity index (χ4v) is 1.30. The van der Waals surface area contributed by atoms with Crippen molar-refractivity contribution in [3.05, 3.63) is 18.1 Å². The summed E-state index contributed by atoms with van der Waals surface area (Å²) in [5.74, 6) is 0.117. The van der Waals surface area contributed by atoms with Crippen LogP contribution in [0.25, 0.3) is 0 Å². The minimum atomic E-state index is -0.400. The Balaban J connectivity index is 2.14. The molecule has 8 nitrogen and oxygen atoms in total. The van der Waals surface area contributed by atoms with Crippen LogP contribution in [0.5, 0.6) is 0 Å². The highest BCUT2D eigenvalue weighted by Gasteiger charge is 2.10. The number of amides is 1. The van der Waals surface area contributed by atoms with Crippen LogP contribution in [-0.2, 0) is 0 Å². The molecule has 2 aromatic rings. The molecular weight excluding hydrogens is 230 g/mol. The van der Waals surface area contributed by atoms with Gasteiger partial charge in [0.2, 0.25) is 5.13 Å².